The standard InChI is InChI=1S/C49H46N3O.C19H26GeN.Ir/c1-30-26-43-45(32(3)50-30)52(46-41(34-18-9-7-10-19-34)28-37(49(4,5)6)29-42(46)35-20-11-8-12-21-35)48(51-43)40-23-15-22-39-38-25-24-36(27-44(38)53-47(39)40)31(2)33-16-13-14-17-33;1-6-15(2)12-17-13-19(16-10-8-7-9-11-16)21-14-18(17)20(3,4)5;/h7-12,15,18-22,24-29,31,33H,13-14,16-17H2,1-6H3;7-10,13-15H,6,12H2,1-5H3;/q2*-1;. The van der Waals surface area contributed by atoms with Crippen LogP contribution in [-0.2, 0) is 31.9 Å². The maximum atomic E-state index is 6.93. The maximum Gasteiger partial charge on any atom is 0.121 e. The van der Waals surface area contributed by atoms with Crippen molar-refractivity contribution in [1.82, 2.24) is 19.5 Å². The second-order valence-electron chi connectivity index (χ2n) is 23.1. The van der Waals surface area contributed by atoms with E-state index in [0.717, 1.165) is 113 Å². The number of hydrogen-bond donors (Lipinski definition) is 0. The van der Waals surface area contributed by atoms with Gasteiger partial charge in [0.15, 0.2) is 0 Å². The van der Waals surface area contributed by atoms with Crippen LogP contribution in [0.4, 0.5) is 0 Å². The van der Waals surface area contributed by atoms with Crippen LogP contribution in [0.25, 0.3) is 83.6 Å². The van der Waals surface area contributed by atoms with Gasteiger partial charge in [-0.2, -0.15) is 0 Å². The van der Waals surface area contributed by atoms with Gasteiger partial charge in [-0.15, -0.1) is 18.2 Å². The first-order valence-corrected chi connectivity index (χ1v) is 34.4. The van der Waals surface area contributed by atoms with Crippen LogP contribution in [0.2, 0.25) is 17.3 Å². The summed E-state index contributed by atoms with van der Waals surface area (Å²) < 4.78 is 10.8. The number of imidazole rings is 1. The van der Waals surface area contributed by atoms with Crippen LogP contribution in [0, 0.1) is 37.8 Å². The van der Waals surface area contributed by atoms with Crippen LogP contribution in [-0.4, -0.2) is 32.8 Å². The average Bonchev–Trinajstić information content (AvgIpc) is 4.17. The number of nitrogens with zero attached hydrogens (tertiary/aromatic N) is 4. The molecule has 1 fully saturated rings. The fourth-order valence-electron chi connectivity index (χ4n) is 11.3. The number of fused-ring (bicyclic) bond motifs is 4. The van der Waals surface area contributed by atoms with Crippen molar-refractivity contribution in [2.75, 3.05) is 0 Å². The van der Waals surface area contributed by atoms with Gasteiger partial charge in [-0.25, -0.2) is 0 Å². The molecule has 0 aliphatic heterocycles. The van der Waals surface area contributed by atoms with E-state index in [2.05, 4.69) is 210 Å². The van der Waals surface area contributed by atoms with Gasteiger partial charge >= 0.3 is 132 Å². The molecule has 10 aromatic rings. The van der Waals surface area contributed by atoms with Crippen molar-refractivity contribution in [3.63, 3.8) is 0 Å². The molecule has 11 rings (SSSR count). The molecule has 0 saturated heterocycles. The molecule has 7 heteroatoms. The van der Waals surface area contributed by atoms with E-state index in [0.29, 0.717) is 5.92 Å². The van der Waals surface area contributed by atoms with Crippen molar-refractivity contribution in [3.8, 4) is 50.6 Å². The molecule has 1 radical (unpaired) electrons. The quantitative estimate of drug-likeness (QED) is 0.0957. The Hall–Kier alpha value is -5.92. The van der Waals surface area contributed by atoms with Crippen LogP contribution < -0.4 is 4.40 Å². The Morgan fingerprint density at radius 3 is 2.03 bits per heavy atom. The second-order valence-corrected chi connectivity index (χ2v) is 33.7. The van der Waals surface area contributed by atoms with Crippen LogP contribution in [0.1, 0.15) is 108 Å². The molecule has 75 heavy (non-hydrogen) atoms. The number of aryl methyl sites for hydroxylation is 2. The predicted octanol–water partition coefficient (Wildman–Crippen LogP) is 18.0. The van der Waals surface area contributed by atoms with Gasteiger partial charge in [0.2, 0.25) is 0 Å². The SMILES string of the molecule is CCC(C)Cc1cc(-c2[c-]cccc2)nc[c]1[Ge]([CH3])([CH3])[CH3].Cc1cc2nc(-c3[c-]ccc4c3oc3cc(C(C)C5CCCC5)ccc34)n(-c3c(-c4ccccc4)cc(C(C)(C)C)cc3-c3ccccc3)c2c(C)n1.[Ir]. The van der Waals surface area contributed by atoms with Crippen LogP contribution in [0.5, 0.6) is 0 Å². The van der Waals surface area contributed by atoms with Gasteiger partial charge in [-0.05, 0) is 90.5 Å². The van der Waals surface area contributed by atoms with E-state index in [9.17, 15) is 0 Å². The number of furan rings is 1. The van der Waals surface area contributed by atoms with Crippen molar-refractivity contribution < 1.29 is 24.5 Å². The summed E-state index contributed by atoms with van der Waals surface area (Å²) in [4.78, 5) is 15.2. The Morgan fingerprint density at radius 2 is 1.41 bits per heavy atom. The number of benzene rings is 6. The van der Waals surface area contributed by atoms with Crippen molar-refractivity contribution in [1.29, 1.82) is 0 Å². The zero-order valence-corrected chi connectivity index (χ0v) is 50.4. The van der Waals surface area contributed by atoms with Gasteiger partial charge in [0.25, 0.3) is 0 Å². The number of rotatable bonds is 11. The van der Waals surface area contributed by atoms with Crippen LogP contribution in [0.15, 0.2) is 150 Å². The van der Waals surface area contributed by atoms with Crippen molar-refractivity contribution in [2.45, 2.75) is 123 Å². The molecule has 0 bridgehead atoms. The molecule has 1 aliphatic carbocycles. The summed E-state index contributed by atoms with van der Waals surface area (Å²) in [5.74, 6) is 10.1. The Kier molecular flexibility index (Phi) is 16.1. The molecule has 1 aliphatic rings. The minimum atomic E-state index is -1.87. The van der Waals surface area contributed by atoms with E-state index in [4.69, 9.17) is 19.4 Å². The molecule has 2 unspecified atom stereocenters. The summed E-state index contributed by atoms with van der Waals surface area (Å²) >= 11 is -1.87. The Labute approximate surface area is 462 Å². The minimum absolute atomic E-state index is 0. The normalized spacial score (nSPS) is 14.0. The van der Waals surface area contributed by atoms with E-state index in [1.54, 1.807) is 4.40 Å². The van der Waals surface area contributed by atoms with E-state index in [1.165, 1.54) is 48.8 Å². The fourth-order valence-corrected chi connectivity index (χ4v) is 14.6. The van der Waals surface area contributed by atoms with Gasteiger partial charge in [-0.1, -0.05) is 124 Å². The molecule has 2 atom stereocenters. The molecule has 0 amide bonds. The summed E-state index contributed by atoms with van der Waals surface area (Å²) in [5.41, 5.74) is 18.2. The average molecular weight is 1230 g/mol. The summed E-state index contributed by atoms with van der Waals surface area (Å²) in [6.45, 7) is 18.0. The molecule has 4 aromatic heterocycles. The smallest absolute Gasteiger partial charge is 0.121 e. The largest absolute Gasteiger partial charge is 0.501 e. The molecular weight excluding hydrogens is 1150 g/mol. The third-order valence-corrected chi connectivity index (χ3v) is 20.0. The first kappa shape index (κ1) is 53.9. The predicted molar refractivity (Wildman–Crippen MR) is 314 cm³/mol. The Morgan fingerprint density at radius 1 is 0.747 bits per heavy atom. The van der Waals surface area contributed by atoms with Crippen LogP contribution >= 0.6 is 0 Å². The van der Waals surface area contributed by atoms with E-state index in [1.807, 2.05) is 25.1 Å². The monoisotopic (exact) mass is 1230 g/mol. The van der Waals surface area contributed by atoms with Gasteiger partial charge < -0.3 is 8.98 Å². The topological polar surface area (TPSA) is 56.7 Å². The van der Waals surface area contributed by atoms with E-state index in [-0.39, 0.29) is 25.5 Å². The van der Waals surface area contributed by atoms with Crippen molar-refractivity contribution >= 4 is 50.6 Å². The minimum Gasteiger partial charge on any atom is -0.501 e. The molecule has 4 heterocycles. The molecule has 6 aromatic carbocycles. The van der Waals surface area contributed by atoms with Crippen molar-refractivity contribution in [2.24, 2.45) is 11.8 Å². The zero-order valence-electron chi connectivity index (χ0n) is 45.9. The van der Waals surface area contributed by atoms with Gasteiger partial charge in [0, 0.05) is 42.3 Å². The third kappa shape index (κ3) is 11.2. The molecule has 385 valence electrons. The fraction of sp³-hybridized carbons (Fsp3) is 0.309. The zero-order chi connectivity index (χ0) is 51.9. The van der Waals surface area contributed by atoms with E-state index < -0.39 is 13.3 Å². The summed E-state index contributed by atoms with van der Waals surface area (Å²) in [6, 6.07) is 56.7. The first-order chi connectivity index (χ1) is 35.6. The molecular formula is C68H72GeIrN4O-2. The molecule has 1 saturated carbocycles. The van der Waals surface area contributed by atoms with E-state index >= 15 is 0 Å². The third-order valence-electron chi connectivity index (χ3n) is 15.7. The Bertz CT molecular complexity index is 3540. The molecule has 5 nitrogen and oxygen atoms in total. The van der Waals surface area contributed by atoms with Crippen molar-refractivity contribution in [3.05, 3.63) is 186 Å². The Balaban J connectivity index is 0.000000264. The first-order valence-electron chi connectivity index (χ1n) is 27.1. The second kappa shape index (κ2) is 22.3. The number of hydrogen-bond acceptors (Lipinski definition) is 4. The van der Waals surface area contributed by atoms with Gasteiger partial charge in [-0.3, -0.25) is 9.97 Å². The van der Waals surface area contributed by atoms with Crippen LogP contribution in [0.3, 0.4) is 0 Å². The number of pyridine rings is 2. The molecule has 0 spiro atoms. The maximum absolute atomic E-state index is 6.93. The molecule has 0 N–H and O–H groups in total. The van der Waals surface area contributed by atoms with Gasteiger partial charge in [0.05, 0.1) is 33.8 Å². The summed E-state index contributed by atoms with van der Waals surface area (Å²) in [5, 5.41) is 2.20. The number of aromatic nitrogens is 4. The summed E-state index contributed by atoms with van der Waals surface area (Å²) in [6.07, 6.45) is 9.85. The summed E-state index contributed by atoms with van der Waals surface area (Å²) in [7, 11) is 0. The van der Waals surface area contributed by atoms with Gasteiger partial charge in [0.1, 0.15) is 5.58 Å².